The Balaban J connectivity index is 1.97. The molecule has 6 nitrogen and oxygen atoms in total. The Morgan fingerprint density at radius 2 is 2.04 bits per heavy atom. The minimum Gasteiger partial charge on any atom is -0.333 e. The second-order valence-electron chi connectivity index (χ2n) is 6.14. The van der Waals surface area contributed by atoms with Crippen molar-refractivity contribution in [2.45, 2.75) is 23.8 Å². The van der Waals surface area contributed by atoms with Gasteiger partial charge in [-0.05, 0) is 49.1 Å². The minimum atomic E-state index is -4.03. The van der Waals surface area contributed by atoms with Gasteiger partial charge in [-0.3, -0.25) is 9.78 Å². The van der Waals surface area contributed by atoms with E-state index in [1.807, 2.05) is 12.1 Å². The predicted molar refractivity (Wildman–Crippen MR) is 89.6 cm³/mol. The molecule has 2 N–H and O–H groups in total. The maximum Gasteiger partial charge on any atom is 0.257 e. The van der Waals surface area contributed by atoms with E-state index >= 15 is 0 Å². The quantitative estimate of drug-likeness (QED) is 0.880. The number of halogens is 1. The fourth-order valence-corrected chi connectivity index (χ4v) is 3.42. The Hall–Kier alpha value is -2.32. The number of carbonyl (C=O) groups excluding carboxylic acids is 1. The number of hydrogen-bond donors (Lipinski definition) is 1. The van der Waals surface area contributed by atoms with E-state index in [1.54, 1.807) is 19.3 Å². The van der Waals surface area contributed by atoms with Crippen LogP contribution in [0.25, 0.3) is 0 Å². The predicted octanol–water partition coefficient (Wildman–Crippen LogP) is 2.09. The average Bonchev–Trinajstić information content (AvgIpc) is 3.39. The number of rotatable bonds is 5. The smallest absolute Gasteiger partial charge is 0.257 e. The van der Waals surface area contributed by atoms with E-state index in [4.69, 9.17) is 5.14 Å². The second-order valence-corrected chi connectivity index (χ2v) is 7.70. The highest BCUT2D eigenvalue weighted by atomic mass is 32.2. The second kappa shape index (κ2) is 6.53. The highest BCUT2D eigenvalue weighted by Crippen LogP contribution is 2.43. The maximum atomic E-state index is 14.2. The SMILES string of the molecule is CN(C(=O)c1cc(S(N)(=O)=O)ccc1F)[C@H](c1ccccn1)C1CC1. The van der Waals surface area contributed by atoms with Gasteiger partial charge in [0.25, 0.3) is 5.91 Å². The van der Waals surface area contributed by atoms with Crippen LogP contribution >= 0.6 is 0 Å². The largest absolute Gasteiger partial charge is 0.333 e. The van der Waals surface area contributed by atoms with Crippen LogP contribution < -0.4 is 5.14 Å². The Kier molecular flexibility index (Phi) is 4.57. The summed E-state index contributed by atoms with van der Waals surface area (Å²) in [6, 6.07) is 8.11. The van der Waals surface area contributed by atoms with Crippen LogP contribution in [0.2, 0.25) is 0 Å². The van der Waals surface area contributed by atoms with Crippen molar-refractivity contribution in [2.75, 3.05) is 7.05 Å². The summed E-state index contributed by atoms with van der Waals surface area (Å²) in [7, 11) is -2.45. The van der Waals surface area contributed by atoms with Crippen molar-refractivity contribution in [1.29, 1.82) is 0 Å². The summed E-state index contributed by atoms with van der Waals surface area (Å²) < 4.78 is 37.1. The van der Waals surface area contributed by atoms with Gasteiger partial charge in [-0.15, -0.1) is 0 Å². The molecule has 1 amide bonds. The third-order valence-electron chi connectivity index (χ3n) is 4.29. The topological polar surface area (TPSA) is 93.4 Å². The number of nitrogens with zero attached hydrogens (tertiary/aromatic N) is 2. The van der Waals surface area contributed by atoms with Gasteiger partial charge in [-0.25, -0.2) is 17.9 Å². The number of benzene rings is 1. The number of nitrogens with two attached hydrogens (primary N) is 1. The number of primary sulfonamides is 1. The maximum absolute atomic E-state index is 14.2. The average molecular weight is 363 g/mol. The first-order chi connectivity index (χ1) is 11.8. The monoisotopic (exact) mass is 363 g/mol. The summed E-state index contributed by atoms with van der Waals surface area (Å²) in [4.78, 5) is 18.2. The third-order valence-corrected chi connectivity index (χ3v) is 5.20. The highest BCUT2D eigenvalue weighted by molar-refractivity contribution is 7.89. The van der Waals surface area contributed by atoms with Gasteiger partial charge in [0, 0.05) is 13.2 Å². The van der Waals surface area contributed by atoms with Crippen LogP contribution in [0.4, 0.5) is 4.39 Å². The van der Waals surface area contributed by atoms with E-state index in [1.165, 1.54) is 4.90 Å². The van der Waals surface area contributed by atoms with Gasteiger partial charge in [0.05, 0.1) is 22.2 Å². The molecule has 1 saturated carbocycles. The molecule has 3 rings (SSSR count). The van der Waals surface area contributed by atoms with Crippen LogP contribution in [0.15, 0.2) is 47.5 Å². The van der Waals surface area contributed by atoms with E-state index in [-0.39, 0.29) is 22.4 Å². The summed E-state index contributed by atoms with van der Waals surface area (Å²) in [5, 5.41) is 5.08. The molecule has 1 atom stereocenters. The zero-order valence-corrected chi connectivity index (χ0v) is 14.4. The summed E-state index contributed by atoms with van der Waals surface area (Å²) in [5.41, 5.74) is 0.402. The highest BCUT2D eigenvalue weighted by Gasteiger charge is 2.38. The van der Waals surface area contributed by atoms with Gasteiger partial charge in [0.2, 0.25) is 10.0 Å². The third kappa shape index (κ3) is 3.69. The molecule has 0 spiro atoms. The molecule has 1 aliphatic carbocycles. The number of pyridine rings is 1. The van der Waals surface area contributed by atoms with Crippen LogP contribution in [-0.2, 0) is 10.0 Å². The fraction of sp³-hybridized carbons (Fsp3) is 0.294. The molecule has 1 aromatic heterocycles. The first kappa shape index (κ1) is 17.5. The van der Waals surface area contributed by atoms with Crippen LogP contribution in [0, 0.1) is 11.7 Å². The molecule has 0 unspecified atom stereocenters. The minimum absolute atomic E-state index is 0.258. The summed E-state index contributed by atoms with van der Waals surface area (Å²) in [5.74, 6) is -1.14. The van der Waals surface area contributed by atoms with Crippen molar-refractivity contribution in [3.63, 3.8) is 0 Å². The lowest BCUT2D eigenvalue weighted by Crippen LogP contribution is -2.33. The van der Waals surface area contributed by atoms with Crippen molar-refractivity contribution < 1.29 is 17.6 Å². The molecule has 1 fully saturated rings. The summed E-state index contributed by atoms with van der Waals surface area (Å²) in [6.45, 7) is 0. The van der Waals surface area contributed by atoms with Crippen LogP contribution in [0.5, 0.6) is 0 Å². The van der Waals surface area contributed by atoms with E-state index in [9.17, 15) is 17.6 Å². The first-order valence-electron chi connectivity index (χ1n) is 7.79. The molecule has 1 heterocycles. The van der Waals surface area contributed by atoms with Gasteiger partial charge in [0.1, 0.15) is 5.82 Å². The standard InChI is InChI=1S/C17H18FN3O3S/c1-21(16(11-5-6-11)15-4-2-3-9-20-15)17(22)13-10-12(25(19,23)24)7-8-14(13)18/h2-4,7-11,16H,5-6H2,1H3,(H2,19,23,24)/t16-/m0/s1. The Morgan fingerprint density at radius 3 is 2.60 bits per heavy atom. The molecule has 25 heavy (non-hydrogen) atoms. The van der Waals surface area contributed by atoms with E-state index in [0.29, 0.717) is 0 Å². The molecule has 1 aliphatic rings. The van der Waals surface area contributed by atoms with E-state index < -0.39 is 21.7 Å². The number of carbonyl (C=O) groups is 1. The van der Waals surface area contributed by atoms with Gasteiger partial charge in [-0.2, -0.15) is 0 Å². The molecule has 132 valence electrons. The van der Waals surface area contributed by atoms with Crippen molar-refractivity contribution >= 4 is 15.9 Å². The van der Waals surface area contributed by atoms with E-state index in [2.05, 4.69) is 4.98 Å². The summed E-state index contributed by atoms with van der Waals surface area (Å²) in [6.07, 6.45) is 3.56. The zero-order chi connectivity index (χ0) is 18.2. The lowest BCUT2D eigenvalue weighted by molar-refractivity contribution is 0.0702. The van der Waals surface area contributed by atoms with Crippen molar-refractivity contribution in [3.8, 4) is 0 Å². The molecule has 0 radical (unpaired) electrons. The van der Waals surface area contributed by atoms with Crippen molar-refractivity contribution in [3.05, 3.63) is 59.7 Å². The summed E-state index contributed by atoms with van der Waals surface area (Å²) >= 11 is 0. The normalized spacial score (nSPS) is 15.6. The zero-order valence-electron chi connectivity index (χ0n) is 13.6. The number of amides is 1. The van der Waals surface area contributed by atoms with Gasteiger partial charge in [-0.1, -0.05) is 6.07 Å². The first-order valence-corrected chi connectivity index (χ1v) is 9.34. The Morgan fingerprint density at radius 1 is 1.32 bits per heavy atom. The number of aromatic nitrogens is 1. The molecule has 0 bridgehead atoms. The van der Waals surface area contributed by atoms with Crippen molar-refractivity contribution in [1.82, 2.24) is 9.88 Å². The number of hydrogen-bond acceptors (Lipinski definition) is 4. The molecule has 2 aromatic rings. The Labute approximate surface area is 145 Å². The van der Waals surface area contributed by atoms with Gasteiger partial charge in [0.15, 0.2) is 0 Å². The molecular formula is C17H18FN3O3S. The van der Waals surface area contributed by atoms with Crippen LogP contribution in [0.1, 0.15) is 34.9 Å². The lowest BCUT2D eigenvalue weighted by atomic mass is 10.0. The molecular weight excluding hydrogens is 345 g/mol. The number of sulfonamides is 1. The van der Waals surface area contributed by atoms with Gasteiger partial charge >= 0.3 is 0 Å². The Bertz CT molecular complexity index is 899. The van der Waals surface area contributed by atoms with Gasteiger partial charge < -0.3 is 4.90 Å². The molecule has 0 saturated heterocycles. The van der Waals surface area contributed by atoms with Crippen LogP contribution in [-0.4, -0.2) is 31.3 Å². The van der Waals surface area contributed by atoms with Crippen LogP contribution in [0.3, 0.4) is 0 Å². The van der Waals surface area contributed by atoms with E-state index in [0.717, 1.165) is 36.7 Å². The van der Waals surface area contributed by atoms with Crippen molar-refractivity contribution in [2.24, 2.45) is 11.1 Å². The fourth-order valence-electron chi connectivity index (χ4n) is 2.88. The molecule has 0 aliphatic heterocycles. The molecule has 8 heteroatoms. The molecule has 1 aromatic carbocycles. The lowest BCUT2D eigenvalue weighted by Gasteiger charge is -2.28.